The Balaban J connectivity index is 2.01. The molecule has 0 bridgehead atoms. The highest BCUT2D eigenvalue weighted by Gasteiger charge is 2.56. The molecule has 1 aliphatic heterocycles. The lowest BCUT2D eigenvalue weighted by Crippen LogP contribution is -2.48. The monoisotopic (exact) mass is 196 g/mol. The van der Waals surface area contributed by atoms with E-state index in [4.69, 9.17) is 0 Å². The summed E-state index contributed by atoms with van der Waals surface area (Å²) in [5, 5.41) is 2.92. The van der Waals surface area contributed by atoms with Crippen LogP contribution >= 0.6 is 0 Å². The lowest BCUT2D eigenvalue weighted by Gasteiger charge is -2.30. The summed E-state index contributed by atoms with van der Waals surface area (Å²) in [5.74, 6) is 0.669. The van der Waals surface area contributed by atoms with Crippen molar-refractivity contribution in [3.05, 3.63) is 0 Å². The average Bonchev–Trinajstić information content (AvgIpc) is 2.80. The Kier molecular flexibility index (Phi) is 2.20. The van der Waals surface area contributed by atoms with E-state index >= 15 is 0 Å². The zero-order chi connectivity index (χ0) is 10.3. The Morgan fingerprint density at radius 2 is 2.29 bits per heavy atom. The van der Waals surface area contributed by atoms with Crippen LogP contribution in [0.25, 0.3) is 0 Å². The second-order valence-electron chi connectivity index (χ2n) is 5.16. The summed E-state index contributed by atoms with van der Waals surface area (Å²) in [6.07, 6.45) is 2.27. The molecule has 80 valence electrons. The Morgan fingerprint density at radius 1 is 1.57 bits per heavy atom. The first-order valence-corrected chi connectivity index (χ1v) is 5.60. The van der Waals surface area contributed by atoms with Crippen LogP contribution in [0.2, 0.25) is 0 Å². The van der Waals surface area contributed by atoms with Gasteiger partial charge in [-0.3, -0.25) is 0 Å². The molecule has 0 aromatic rings. The number of urea groups is 1. The van der Waals surface area contributed by atoms with Crippen molar-refractivity contribution in [2.75, 3.05) is 13.1 Å². The van der Waals surface area contributed by atoms with Crippen molar-refractivity contribution >= 4 is 6.03 Å². The lowest BCUT2D eigenvalue weighted by molar-refractivity contribution is 0.168. The summed E-state index contributed by atoms with van der Waals surface area (Å²) >= 11 is 0. The number of hydrogen-bond donors (Lipinski definition) is 1. The van der Waals surface area contributed by atoms with Gasteiger partial charge in [-0.15, -0.1) is 0 Å². The highest BCUT2D eigenvalue weighted by atomic mass is 16.2. The molecule has 0 spiro atoms. The van der Waals surface area contributed by atoms with Gasteiger partial charge in [-0.05, 0) is 24.2 Å². The van der Waals surface area contributed by atoms with Gasteiger partial charge in [0.05, 0.1) is 0 Å². The normalized spacial score (nSPS) is 37.3. The standard InChI is InChI=1S/C11H20N2O/c1-8(2)11(3)7-9(11)13-6-4-5-12-10(13)14/h8-9H,4-7H2,1-3H3,(H,12,14). The number of carbonyl (C=O) groups is 1. The molecule has 0 radical (unpaired) electrons. The third-order valence-corrected chi connectivity index (χ3v) is 4.04. The van der Waals surface area contributed by atoms with Gasteiger partial charge in [-0.1, -0.05) is 20.8 Å². The van der Waals surface area contributed by atoms with E-state index in [1.54, 1.807) is 0 Å². The second-order valence-corrected chi connectivity index (χ2v) is 5.16. The second kappa shape index (κ2) is 3.14. The topological polar surface area (TPSA) is 32.3 Å². The van der Waals surface area contributed by atoms with Gasteiger partial charge in [0.25, 0.3) is 0 Å². The van der Waals surface area contributed by atoms with Crippen molar-refractivity contribution in [1.82, 2.24) is 10.2 Å². The fourth-order valence-corrected chi connectivity index (χ4v) is 2.39. The Morgan fingerprint density at radius 3 is 2.79 bits per heavy atom. The van der Waals surface area contributed by atoms with Crippen LogP contribution in [0.5, 0.6) is 0 Å². The highest BCUT2D eigenvalue weighted by Crippen LogP contribution is 2.54. The Bertz CT molecular complexity index is 252. The third kappa shape index (κ3) is 1.39. The van der Waals surface area contributed by atoms with E-state index in [-0.39, 0.29) is 6.03 Å². The summed E-state index contributed by atoms with van der Waals surface area (Å²) in [7, 11) is 0. The van der Waals surface area contributed by atoms with Gasteiger partial charge in [0.1, 0.15) is 0 Å². The van der Waals surface area contributed by atoms with Crippen molar-refractivity contribution in [3.63, 3.8) is 0 Å². The maximum absolute atomic E-state index is 11.6. The maximum Gasteiger partial charge on any atom is 0.317 e. The first-order valence-electron chi connectivity index (χ1n) is 5.60. The number of rotatable bonds is 2. The summed E-state index contributed by atoms with van der Waals surface area (Å²) in [4.78, 5) is 13.6. The van der Waals surface area contributed by atoms with Crippen molar-refractivity contribution < 1.29 is 4.79 Å². The predicted molar refractivity (Wildman–Crippen MR) is 56.1 cm³/mol. The van der Waals surface area contributed by atoms with Crippen LogP contribution in [-0.2, 0) is 0 Å². The van der Waals surface area contributed by atoms with Crippen LogP contribution in [0.15, 0.2) is 0 Å². The number of hydrogen-bond acceptors (Lipinski definition) is 1. The van der Waals surface area contributed by atoms with Crippen molar-refractivity contribution in [2.24, 2.45) is 11.3 Å². The molecule has 1 N–H and O–H groups in total. The van der Waals surface area contributed by atoms with Crippen LogP contribution < -0.4 is 5.32 Å². The SMILES string of the molecule is CC(C)C1(C)CC1N1CCCNC1=O. The highest BCUT2D eigenvalue weighted by molar-refractivity contribution is 5.75. The summed E-state index contributed by atoms with van der Waals surface area (Å²) in [6, 6.07) is 0.633. The van der Waals surface area contributed by atoms with E-state index in [2.05, 4.69) is 26.1 Å². The number of nitrogens with one attached hydrogen (secondary N) is 1. The zero-order valence-electron chi connectivity index (χ0n) is 9.34. The molecular weight excluding hydrogens is 176 g/mol. The molecule has 1 heterocycles. The zero-order valence-corrected chi connectivity index (χ0v) is 9.34. The molecule has 2 rings (SSSR count). The molecule has 2 amide bonds. The minimum atomic E-state index is 0.144. The average molecular weight is 196 g/mol. The van der Waals surface area contributed by atoms with E-state index in [1.807, 2.05) is 4.90 Å². The van der Waals surface area contributed by atoms with E-state index in [0.717, 1.165) is 19.5 Å². The lowest BCUT2D eigenvalue weighted by atomic mass is 9.93. The molecule has 2 atom stereocenters. The molecule has 1 saturated heterocycles. The molecule has 2 aliphatic rings. The maximum atomic E-state index is 11.6. The first kappa shape index (κ1) is 9.81. The van der Waals surface area contributed by atoms with Crippen LogP contribution in [0, 0.1) is 11.3 Å². The van der Waals surface area contributed by atoms with Crippen molar-refractivity contribution in [3.8, 4) is 0 Å². The van der Waals surface area contributed by atoms with Crippen LogP contribution in [0.3, 0.4) is 0 Å². The molecule has 3 heteroatoms. The van der Waals surface area contributed by atoms with Crippen molar-refractivity contribution in [2.45, 2.75) is 39.7 Å². The predicted octanol–water partition coefficient (Wildman–Crippen LogP) is 1.84. The van der Waals surface area contributed by atoms with Gasteiger partial charge < -0.3 is 10.2 Å². The van der Waals surface area contributed by atoms with Gasteiger partial charge in [-0.25, -0.2) is 4.79 Å². The van der Waals surface area contributed by atoms with E-state index in [9.17, 15) is 4.79 Å². The number of amides is 2. The van der Waals surface area contributed by atoms with E-state index in [1.165, 1.54) is 6.42 Å². The Labute approximate surface area is 85.8 Å². The molecular formula is C11H20N2O. The van der Waals surface area contributed by atoms with Gasteiger partial charge in [0, 0.05) is 19.1 Å². The molecule has 3 nitrogen and oxygen atoms in total. The van der Waals surface area contributed by atoms with Gasteiger partial charge in [-0.2, -0.15) is 0 Å². The quantitative estimate of drug-likeness (QED) is 0.718. The molecule has 1 saturated carbocycles. The van der Waals surface area contributed by atoms with Crippen molar-refractivity contribution in [1.29, 1.82) is 0 Å². The minimum Gasteiger partial charge on any atom is -0.338 e. The fourth-order valence-electron chi connectivity index (χ4n) is 2.39. The van der Waals surface area contributed by atoms with Crippen LogP contribution in [-0.4, -0.2) is 30.1 Å². The molecule has 14 heavy (non-hydrogen) atoms. The van der Waals surface area contributed by atoms with Gasteiger partial charge in [0.2, 0.25) is 0 Å². The van der Waals surface area contributed by atoms with Crippen LogP contribution in [0.1, 0.15) is 33.6 Å². The van der Waals surface area contributed by atoms with Crippen LogP contribution in [0.4, 0.5) is 4.79 Å². The summed E-state index contributed by atoms with van der Waals surface area (Å²) in [5.41, 5.74) is 0.370. The third-order valence-electron chi connectivity index (χ3n) is 4.04. The van der Waals surface area contributed by atoms with E-state index in [0.29, 0.717) is 17.4 Å². The smallest absolute Gasteiger partial charge is 0.317 e. The van der Waals surface area contributed by atoms with E-state index < -0.39 is 0 Å². The number of carbonyl (C=O) groups excluding carboxylic acids is 1. The number of nitrogens with zero attached hydrogens (tertiary/aromatic N) is 1. The summed E-state index contributed by atoms with van der Waals surface area (Å²) in [6.45, 7) is 8.59. The Hall–Kier alpha value is -0.730. The van der Waals surface area contributed by atoms with Gasteiger partial charge in [0.15, 0.2) is 0 Å². The minimum absolute atomic E-state index is 0.144. The molecule has 0 aromatic heterocycles. The molecule has 0 aromatic carbocycles. The van der Waals surface area contributed by atoms with Gasteiger partial charge >= 0.3 is 6.03 Å². The largest absolute Gasteiger partial charge is 0.338 e. The summed E-state index contributed by atoms with van der Waals surface area (Å²) < 4.78 is 0. The fraction of sp³-hybridized carbons (Fsp3) is 0.909. The molecule has 2 fully saturated rings. The molecule has 1 aliphatic carbocycles. The molecule has 2 unspecified atom stereocenters. The first-order chi connectivity index (χ1) is 6.55.